The largest absolute Gasteiger partial charge is 0.481 e. The van der Waals surface area contributed by atoms with Crippen molar-refractivity contribution < 1.29 is 21.2 Å². The van der Waals surface area contributed by atoms with E-state index in [-0.39, 0.29) is 20.7 Å². The number of hydrogen-bond donors (Lipinski definition) is 2. The van der Waals surface area contributed by atoms with Gasteiger partial charge in [0, 0.05) is 14.3 Å². The van der Waals surface area contributed by atoms with Gasteiger partial charge in [-0.15, -0.1) is 0 Å². The first kappa shape index (κ1) is 7.94. The predicted octanol–water partition coefficient (Wildman–Crippen LogP) is 0.572. The maximum atomic E-state index is 9.79. The molecule has 0 rings (SSSR count). The minimum atomic E-state index is -0.948. The van der Waals surface area contributed by atoms with Gasteiger partial charge in [0.15, 0.2) is 0 Å². The molecule has 0 heterocycles. The molecule has 0 aliphatic heterocycles. The summed E-state index contributed by atoms with van der Waals surface area (Å²) in [5, 5.41) is 16.1. The van der Waals surface area contributed by atoms with Crippen LogP contribution in [0.15, 0.2) is 0 Å². The Morgan fingerprint density at radius 2 is 1.44 bits per heavy atom. The summed E-state index contributed by atoms with van der Waals surface area (Å²) >= 11 is 0. The molecule has 0 radical (unpaired) electrons. The number of carbonyl (C=O) groups is 2. The van der Waals surface area contributed by atoms with Gasteiger partial charge in [0.05, 0.1) is 0 Å². The molecular weight excluding hydrogens is 124 g/mol. The Balaban J connectivity index is 0. The third-order valence-electron chi connectivity index (χ3n) is 0.781. The van der Waals surface area contributed by atoms with Gasteiger partial charge in [-0.05, 0) is 6.42 Å². The molecule has 0 amide bonds. The van der Waals surface area contributed by atoms with Gasteiger partial charge in [0.25, 0.3) is 0 Å². The van der Waals surface area contributed by atoms with Crippen LogP contribution in [0.4, 0.5) is 0 Å². The fourth-order valence-electron chi connectivity index (χ4n) is 0.391. The molecule has 0 bridgehead atoms. The van der Waals surface area contributed by atoms with Gasteiger partial charge in [-0.1, -0.05) is 0 Å². The minimum Gasteiger partial charge on any atom is -0.481 e. The second kappa shape index (κ2) is 3.88. The first-order chi connectivity index (χ1) is 4.13. The fourth-order valence-corrected chi connectivity index (χ4v) is 0.391. The highest BCUT2D eigenvalue weighted by molar-refractivity contribution is 5.69. The zero-order valence-electron chi connectivity index (χ0n) is 4.83. The highest BCUT2D eigenvalue weighted by Crippen LogP contribution is 1.93. The second-order valence-electron chi connectivity index (χ2n) is 1.64. The van der Waals surface area contributed by atoms with Gasteiger partial charge in [-0.3, -0.25) is 9.59 Å². The summed E-state index contributed by atoms with van der Waals surface area (Å²) in [6, 6.07) is 0. The Morgan fingerprint density at radius 3 is 1.67 bits per heavy atom. The van der Waals surface area contributed by atoms with E-state index >= 15 is 0 Å². The van der Waals surface area contributed by atoms with Crippen LogP contribution in [0.2, 0.25) is 0 Å². The van der Waals surface area contributed by atoms with Crippen molar-refractivity contribution in [2.45, 2.75) is 19.3 Å². The first-order valence-electron chi connectivity index (χ1n) is 2.56. The minimum absolute atomic E-state index is 0. The molecule has 0 unspecified atom stereocenters. The monoisotopic (exact) mass is 134 g/mol. The average Bonchev–Trinajstić information content (AvgIpc) is 1.63. The maximum Gasteiger partial charge on any atom is 0.303 e. The highest BCUT2D eigenvalue weighted by atomic mass is 16.4. The number of aliphatic carboxylic acids is 2. The number of hydrogen-bond acceptors (Lipinski definition) is 2. The summed E-state index contributed by atoms with van der Waals surface area (Å²) < 4.78 is 0. The number of rotatable bonds is 4. The van der Waals surface area contributed by atoms with E-state index in [1.54, 1.807) is 0 Å². The average molecular weight is 134 g/mol. The van der Waals surface area contributed by atoms with Crippen LogP contribution in [0.5, 0.6) is 0 Å². The standard InChI is InChI=1S/C5H8O4.H2/c6-4(7)2-1-3-5(8)9;/h1-3H2,(H,6,7)(H,8,9);1H. The van der Waals surface area contributed by atoms with E-state index in [4.69, 9.17) is 10.2 Å². The molecule has 0 aromatic rings. The molecule has 0 saturated carbocycles. The third kappa shape index (κ3) is 6.94. The summed E-state index contributed by atoms with van der Waals surface area (Å²) in [6.45, 7) is 0. The van der Waals surface area contributed by atoms with Crippen molar-refractivity contribution in [1.29, 1.82) is 0 Å². The van der Waals surface area contributed by atoms with Crippen molar-refractivity contribution in [3.05, 3.63) is 0 Å². The van der Waals surface area contributed by atoms with Gasteiger partial charge in [0.2, 0.25) is 0 Å². The fraction of sp³-hybridized carbons (Fsp3) is 0.600. The van der Waals surface area contributed by atoms with E-state index in [1.807, 2.05) is 0 Å². The Bertz CT molecular complexity index is 109. The molecule has 4 heteroatoms. The van der Waals surface area contributed by atoms with Crippen molar-refractivity contribution in [1.82, 2.24) is 0 Å². The number of carboxylic acids is 2. The lowest BCUT2D eigenvalue weighted by Gasteiger charge is -1.89. The van der Waals surface area contributed by atoms with E-state index in [2.05, 4.69) is 0 Å². The van der Waals surface area contributed by atoms with Gasteiger partial charge >= 0.3 is 11.9 Å². The summed E-state index contributed by atoms with van der Waals surface area (Å²) in [6.07, 6.45) is 0.0866. The molecule has 0 aliphatic carbocycles. The highest BCUT2D eigenvalue weighted by Gasteiger charge is 1.99. The van der Waals surface area contributed by atoms with Crippen molar-refractivity contribution in [3.8, 4) is 0 Å². The molecule has 0 spiro atoms. The van der Waals surface area contributed by atoms with Crippen molar-refractivity contribution in [3.63, 3.8) is 0 Å². The molecule has 0 atom stereocenters. The third-order valence-corrected chi connectivity index (χ3v) is 0.781. The van der Waals surface area contributed by atoms with E-state index < -0.39 is 11.9 Å². The van der Waals surface area contributed by atoms with Gasteiger partial charge in [-0.25, -0.2) is 0 Å². The topological polar surface area (TPSA) is 74.6 Å². The second-order valence-corrected chi connectivity index (χ2v) is 1.64. The van der Waals surface area contributed by atoms with E-state index in [1.165, 1.54) is 0 Å². The molecule has 0 aliphatic rings. The molecule has 0 fully saturated rings. The zero-order chi connectivity index (χ0) is 7.28. The summed E-state index contributed by atoms with van der Waals surface area (Å²) in [5.41, 5.74) is 0. The van der Waals surface area contributed by atoms with Gasteiger partial charge < -0.3 is 10.2 Å². The molecule has 9 heavy (non-hydrogen) atoms. The Labute approximate surface area is 53.6 Å². The Morgan fingerprint density at radius 1 is 1.11 bits per heavy atom. The molecule has 54 valence electrons. The summed E-state index contributed by atoms with van der Waals surface area (Å²) in [7, 11) is 0. The maximum absolute atomic E-state index is 9.79. The van der Waals surface area contributed by atoms with Crippen LogP contribution in [0, 0.1) is 0 Å². The predicted molar refractivity (Wildman–Crippen MR) is 31.2 cm³/mol. The SMILES string of the molecule is O=C(O)CCCC(=O)O.[HH]. The Kier molecular flexibility index (Phi) is 3.43. The zero-order valence-corrected chi connectivity index (χ0v) is 4.83. The van der Waals surface area contributed by atoms with Crippen molar-refractivity contribution in [2.24, 2.45) is 0 Å². The van der Waals surface area contributed by atoms with Crippen LogP contribution in [-0.2, 0) is 9.59 Å². The van der Waals surface area contributed by atoms with Crippen molar-refractivity contribution >= 4 is 11.9 Å². The molecule has 2 N–H and O–H groups in total. The van der Waals surface area contributed by atoms with Crippen LogP contribution >= 0.6 is 0 Å². The smallest absolute Gasteiger partial charge is 0.303 e. The molecule has 0 aromatic heterocycles. The van der Waals surface area contributed by atoms with Crippen LogP contribution in [0.3, 0.4) is 0 Å². The quantitative estimate of drug-likeness (QED) is 0.589. The van der Waals surface area contributed by atoms with Crippen molar-refractivity contribution in [2.75, 3.05) is 0 Å². The molecule has 4 nitrogen and oxygen atoms in total. The first-order valence-corrected chi connectivity index (χ1v) is 2.56. The van der Waals surface area contributed by atoms with E-state index in [0.717, 1.165) is 0 Å². The van der Waals surface area contributed by atoms with E-state index in [0.29, 0.717) is 0 Å². The van der Waals surface area contributed by atoms with Gasteiger partial charge in [0.1, 0.15) is 0 Å². The van der Waals surface area contributed by atoms with Crippen LogP contribution in [0.25, 0.3) is 0 Å². The molecule has 0 saturated heterocycles. The number of carboxylic acid groups (broad SMARTS) is 2. The normalized spacial score (nSPS) is 8.89. The summed E-state index contributed by atoms with van der Waals surface area (Å²) in [5.74, 6) is -1.90. The molecule has 0 aromatic carbocycles. The lowest BCUT2D eigenvalue weighted by Crippen LogP contribution is -1.98. The Hall–Kier alpha value is -1.06. The lowest BCUT2D eigenvalue weighted by atomic mass is 10.2. The van der Waals surface area contributed by atoms with E-state index in [9.17, 15) is 9.59 Å². The van der Waals surface area contributed by atoms with Crippen LogP contribution in [-0.4, -0.2) is 22.2 Å². The van der Waals surface area contributed by atoms with Gasteiger partial charge in [-0.2, -0.15) is 0 Å². The van der Waals surface area contributed by atoms with Crippen LogP contribution in [0.1, 0.15) is 20.7 Å². The summed E-state index contributed by atoms with van der Waals surface area (Å²) in [4.78, 5) is 19.6. The lowest BCUT2D eigenvalue weighted by molar-refractivity contribution is -0.138. The van der Waals surface area contributed by atoms with Crippen LogP contribution < -0.4 is 0 Å². The molecular formula is C5H10O4.